The van der Waals surface area contributed by atoms with Crippen LogP contribution in [0.5, 0.6) is 5.75 Å². The van der Waals surface area contributed by atoms with E-state index in [4.69, 9.17) is 16.3 Å². The second-order valence-corrected chi connectivity index (χ2v) is 5.22. The minimum Gasteiger partial charge on any atom is -0.483 e. The Morgan fingerprint density at radius 3 is 2.62 bits per heavy atom. The molecular formula is C15H11ClF2N2O4. The van der Waals surface area contributed by atoms with E-state index in [1.807, 2.05) is 0 Å². The molecule has 2 rings (SSSR count). The van der Waals surface area contributed by atoms with Gasteiger partial charge in [-0.15, -0.1) is 0 Å². The third kappa shape index (κ3) is 4.17. The Bertz CT molecular complexity index is 814. The lowest BCUT2D eigenvalue weighted by atomic mass is 10.2. The Morgan fingerprint density at radius 1 is 1.29 bits per heavy atom. The number of carbonyl (C=O) groups excluding carboxylic acids is 1. The van der Waals surface area contributed by atoms with E-state index in [-0.39, 0.29) is 0 Å². The summed E-state index contributed by atoms with van der Waals surface area (Å²) in [6.07, 6.45) is 0. The number of nitro groups is 1. The van der Waals surface area contributed by atoms with Gasteiger partial charge in [-0.3, -0.25) is 14.9 Å². The molecule has 126 valence electrons. The van der Waals surface area contributed by atoms with E-state index in [9.17, 15) is 23.7 Å². The molecule has 0 heterocycles. The average molecular weight is 357 g/mol. The van der Waals surface area contributed by atoms with Gasteiger partial charge in [0.2, 0.25) is 5.82 Å². The van der Waals surface area contributed by atoms with Crippen LogP contribution >= 0.6 is 11.6 Å². The van der Waals surface area contributed by atoms with Crippen molar-refractivity contribution in [2.75, 3.05) is 11.9 Å². The minimum absolute atomic E-state index is 0.331. The van der Waals surface area contributed by atoms with Crippen molar-refractivity contribution in [3.8, 4) is 5.75 Å². The smallest absolute Gasteiger partial charge is 0.307 e. The highest BCUT2D eigenvalue weighted by Gasteiger charge is 2.19. The largest absolute Gasteiger partial charge is 0.483 e. The van der Waals surface area contributed by atoms with Crippen molar-refractivity contribution in [3.05, 3.63) is 62.7 Å². The predicted molar refractivity (Wildman–Crippen MR) is 83.3 cm³/mol. The molecule has 0 radical (unpaired) electrons. The molecule has 0 saturated carbocycles. The maximum absolute atomic E-state index is 13.6. The van der Waals surface area contributed by atoms with Crippen LogP contribution in [0.4, 0.5) is 20.2 Å². The van der Waals surface area contributed by atoms with Gasteiger partial charge in [-0.1, -0.05) is 11.6 Å². The van der Waals surface area contributed by atoms with Gasteiger partial charge in [0.05, 0.1) is 10.6 Å². The Balaban J connectivity index is 2.07. The molecule has 6 nitrogen and oxygen atoms in total. The van der Waals surface area contributed by atoms with E-state index < -0.39 is 40.4 Å². The van der Waals surface area contributed by atoms with E-state index in [2.05, 4.69) is 5.32 Å². The topological polar surface area (TPSA) is 81.5 Å². The van der Waals surface area contributed by atoms with Crippen LogP contribution < -0.4 is 10.1 Å². The summed E-state index contributed by atoms with van der Waals surface area (Å²) in [5.41, 5.74) is -0.760. The highest BCUT2D eigenvalue weighted by Crippen LogP contribution is 2.25. The zero-order valence-corrected chi connectivity index (χ0v) is 13.1. The van der Waals surface area contributed by atoms with Crippen LogP contribution in [0, 0.1) is 28.7 Å². The molecule has 9 heteroatoms. The number of hydrogen-bond donors (Lipinski definition) is 1. The van der Waals surface area contributed by atoms with E-state index >= 15 is 0 Å². The molecule has 2 aromatic carbocycles. The second-order valence-electron chi connectivity index (χ2n) is 4.79. The molecule has 0 aliphatic rings. The average Bonchev–Trinajstić information content (AvgIpc) is 2.48. The molecule has 24 heavy (non-hydrogen) atoms. The molecule has 0 saturated heterocycles. The molecule has 0 atom stereocenters. The number of hydrogen-bond acceptors (Lipinski definition) is 4. The molecule has 0 spiro atoms. The third-order valence-corrected chi connectivity index (χ3v) is 3.24. The van der Waals surface area contributed by atoms with Crippen LogP contribution in [-0.4, -0.2) is 17.4 Å². The maximum Gasteiger partial charge on any atom is 0.307 e. The standard InChI is InChI=1S/C15H11ClF2N2O4/c1-8-4-9(16)2-3-14(8)24-7-15(21)19-12-6-13(20(22)23)11(18)5-10(12)17/h2-6H,7H2,1H3,(H,19,21). The number of nitrogens with one attached hydrogen (secondary N) is 1. The van der Waals surface area contributed by atoms with Crippen molar-refractivity contribution >= 4 is 28.9 Å². The number of aryl methyl sites for hydroxylation is 1. The summed E-state index contributed by atoms with van der Waals surface area (Å²) in [7, 11) is 0. The molecule has 1 N–H and O–H groups in total. The molecule has 0 aliphatic heterocycles. The Morgan fingerprint density at radius 2 is 2.00 bits per heavy atom. The van der Waals surface area contributed by atoms with Crippen molar-refractivity contribution in [2.45, 2.75) is 6.92 Å². The van der Waals surface area contributed by atoms with Crippen LogP contribution in [0.15, 0.2) is 30.3 Å². The lowest BCUT2D eigenvalue weighted by Crippen LogP contribution is -2.21. The number of benzene rings is 2. The number of ether oxygens (including phenoxy) is 1. The fourth-order valence-electron chi connectivity index (χ4n) is 1.88. The van der Waals surface area contributed by atoms with Gasteiger partial charge in [0.15, 0.2) is 6.61 Å². The van der Waals surface area contributed by atoms with Gasteiger partial charge in [-0.05, 0) is 30.7 Å². The summed E-state index contributed by atoms with van der Waals surface area (Å²) in [4.78, 5) is 21.4. The van der Waals surface area contributed by atoms with Crippen molar-refractivity contribution in [1.29, 1.82) is 0 Å². The van der Waals surface area contributed by atoms with E-state index in [0.29, 0.717) is 28.5 Å². The molecule has 0 unspecified atom stereocenters. The second kappa shape index (κ2) is 7.22. The number of nitro benzene ring substituents is 1. The molecule has 0 aromatic heterocycles. The summed E-state index contributed by atoms with van der Waals surface area (Å²) in [6, 6.07) is 5.71. The van der Waals surface area contributed by atoms with Crippen molar-refractivity contribution in [1.82, 2.24) is 0 Å². The first-order chi connectivity index (χ1) is 11.3. The Hall–Kier alpha value is -2.74. The molecule has 0 bridgehead atoms. The summed E-state index contributed by atoms with van der Waals surface area (Å²) in [6.45, 7) is 1.26. The number of anilines is 1. The lowest BCUT2D eigenvalue weighted by Gasteiger charge is -2.10. The van der Waals surface area contributed by atoms with Crippen molar-refractivity contribution < 1.29 is 23.2 Å². The highest BCUT2D eigenvalue weighted by atomic mass is 35.5. The maximum atomic E-state index is 13.6. The number of amides is 1. The predicted octanol–water partition coefficient (Wildman–Crippen LogP) is 3.85. The number of carbonyl (C=O) groups is 1. The zero-order chi connectivity index (χ0) is 17.9. The van der Waals surface area contributed by atoms with Crippen molar-refractivity contribution in [2.24, 2.45) is 0 Å². The minimum atomic E-state index is -1.33. The van der Waals surface area contributed by atoms with Crippen molar-refractivity contribution in [3.63, 3.8) is 0 Å². The van der Waals surface area contributed by atoms with E-state index in [0.717, 1.165) is 0 Å². The van der Waals surface area contributed by atoms with Crippen LogP contribution in [0.25, 0.3) is 0 Å². The molecule has 2 aromatic rings. The van der Waals surface area contributed by atoms with Gasteiger partial charge in [0.1, 0.15) is 11.6 Å². The first-order valence-electron chi connectivity index (χ1n) is 6.60. The Labute approximate surface area is 140 Å². The molecular weight excluding hydrogens is 346 g/mol. The normalized spacial score (nSPS) is 10.3. The van der Waals surface area contributed by atoms with Gasteiger partial charge in [-0.2, -0.15) is 4.39 Å². The number of halogens is 3. The highest BCUT2D eigenvalue weighted by molar-refractivity contribution is 6.30. The van der Waals surface area contributed by atoms with Gasteiger partial charge >= 0.3 is 5.69 Å². The monoisotopic (exact) mass is 356 g/mol. The summed E-state index contributed by atoms with van der Waals surface area (Å²) < 4.78 is 32.1. The van der Waals surface area contributed by atoms with Crippen LogP contribution in [0.3, 0.4) is 0 Å². The van der Waals surface area contributed by atoms with Gasteiger partial charge < -0.3 is 10.1 Å². The lowest BCUT2D eigenvalue weighted by molar-refractivity contribution is -0.387. The number of nitrogens with zero attached hydrogens (tertiary/aromatic N) is 1. The van der Waals surface area contributed by atoms with Gasteiger partial charge in [-0.25, -0.2) is 4.39 Å². The molecule has 1 amide bonds. The molecule has 0 aliphatic carbocycles. The first kappa shape index (κ1) is 17.6. The quantitative estimate of drug-likeness (QED) is 0.651. The van der Waals surface area contributed by atoms with E-state index in [1.54, 1.807) is 25.1 Å². The van der Waals surface area contributed by atoms with Gasteiger partial charge in [0, 0.05) is 17.2 Å². The Kier molecular flexibility index (Phi) is 5.30. The number of rotatable bonds is 5. The van der Waals surface area contributed by atoms with Gasteiger partial charge in [0.25, 0.3) is 5.91 Å². The fraction of sp³-hybridized carbons (Fsp3) is 0.133. The van der Waals surface area contributed by atoms with Crippen LogP contribution in [-0.2, 0) is 4.79 Å². The summed E-state index contributed by atoms with van der Waals surface area (Å²) >= 11 is 5.80. The van der Waals surface area contributed by atoms with Crippen LogP contribution in [0.1, 0.15) is 5.56 Å². The third-order valence-electron chi connectivity index (χ3n) is 3.00. The first-order valence-corrected chi connectivity index (χ1v) is 6.98. The van der Waals surface area contributed by atoms with E-state index in [1.165, 1.54) is 0 Å². The molecule has 0 fully saturated rings. The zero-order valence-electron chi connectivity index (χ0n) is 12.3. The summed E-state index contributed by atoms with van der Waals surface area (Å²) in [5.74, 6) is -2.82. The van der Waals surface area contributed by atoms with Crippen LogP contribution in [0.2, 0.25) is 5.02 Å². The fourth-order valence-corrected chi connectivity index (χ4v) is 2.10. The summed E-state index contributed by atoms with van der Waals surface area (Å²) in [5, 5.41) is 13.2. The SMILES string of the molecule is Cc1cc(Cl)ccc1OCC(=O)Nc1cc([N+](=O)[O-])c(F)cc1F.